The first-order valence-electron chi connectivity index (χ1n) is 14.0. The molecule has 3 heterocycles. The fraction of sp³-hybridized carbons (Fsp3) is 0.375. The normalized spacial score (nSPS) is 14.0. The number of pyridine rings is 2. The number of nitrogens with one attached hydrogen (secondary N) is 2. The van der Waals surface area contributed by atoms with Gasteiger partial charge in [-0.15, -0.1) is 0 Å². The number of benzene rings is 2. The minimum Gasteiger partial charge on any atom is -0.493 e. The maximum absolute atomic E-state index is 6.24. The molecule has 0 saturated carbocycles. The van der Waals surface area contributed by atoms with Crippen molar-refractivity contribution in [3.63, 3.8) is 0 Å². The van der Waals surface area contributed by atoms with Gasteiger partial charge in [0, 0.05) is 49.6 Å². The van der Waals surface area contributed by atoms with Crippen LogP contribution in [0.25, 0.3) is 22.0 Å². The van der Waals surface area contributed by atoms with Crippen molar-refractivity contribution >= 4 is 22.4 Å². The van der Waals surface area contributed by atoms with Gasteiger partial charge in [0.1, 0.15) is 11.3 Å². The van der Waals surface area contributed by atoms with E-state index in [1.165, 1.54) is 16.7 Å². The molecule has 2 aromatic heterocycles. The Morgan fingerprint density at radius 1 is 0.974 bits per heavy atom. The zero-order valence-corrected chi connectivity index (χ0v) is 23.3. The summed E-state index contributed by atoms with van der Waals surface area (Å²) < 4.78 is 11.7. The molecule has 5 rings (SSSR count). The second-order valence-corrected chi connectivity index (χ2v) is 10.0. The third-order valence-corrected chi connectivity index (χ3v) is 7.38. The molecule has 7 nitrogen and oxygen atoms in total. The summed E-state index contributed by atoms with van der Waals surface area (Å²) in [6, 6.07) is 16.9. The van der Waals surface area contributed by atoms with E-state index in [1.54, 1.807) is 0 Å². The van der Waals surface area contributed by atoms with E-state index in [9.17, 15) is 0 Å². The Kier molecular flexibility index (Phi) is 9.04. The second kappa shape index (κ2) is 13.0. The lowest BCUT2D eigenvalue weighted by atomic mass is 9.95. The Balaban J connectivity index is 1.32. The predicted molar refractivity (Wildman–Crippen MR) is 159 cm³/mol. The van der Waals surface area contributed by atoms with Gasteiger partial charge in [0.05, 0.1) is 19.8 Å². The fourth-order valence-electron chi connectivity index (χ4n) is 5.11. The van der Waals surface area contributed by atoms with E-state index in [-0.39, 0.29) is 0 Å². The quantitative estimate of drug-likeness (QED) is 0.237. The molecule has 0 radical (unpaired) electrons. The van der Waals surface area contributed by atoms with Gasteiger partial charge in [-0.1, -0.05) is 31.2 Å². The van der Waals surface area contributed by atoms with Crippen LogP contribution in [0, 0.1) is 13.8 Å². The number of fused-ring (bicyclic) bond motifs is 1. The van der Waals surface area contributed by atoms with Crippen LogP contribution in [0.4, 0.5) is 11.5 Å². The maximum atomic E-state index is 6.24. The SMILES string of the molecule is CCNCc1cnc2c(Nc3cccc(-c4cccc(OCCCN5CCOCC5)c4C)c3C)nccc2c1. The van der Waals surface area contributed by atoms with Gasteiger partial charge >= 0.3 is 0 Å². The molecule has 1 saturated heterocycles. The van der Waals surface area contributed by atoms with Crippen LogP contribution in [0.2, 0.25) is 0 Å². The molecule has 0 atom stereocenters. The summed E-state index contributed by atoms with van der Waals surface area (Å²) in [5.74, 6) is 1.71. The summed E-state index contributed by atoms with van der Waals surface area (Å²) in [7, 11) is 0. The molecule has 1 aliphatic heterocycles. The van der Waals surface area contributed by atoms with E-state index >= 15 is 0 Å². The van der Waals surface area contributed by atoms with Gasteiger partial charge in [0.2, 0.25) is 0 Å². The highest BCUT2D eigenvalue weighted by Gasteiger charge is 2.14. The van der Waals surface area contributed by atoms with Crippen LogP contribution in [0.3, 0.4) is 0 Å². The lowest BCUT2D eigenvalue weighted by molar-refractivity contribution is 0.0358. The molecule has 0 bridgehead atoms. The summed E-state index contributed by atoms with van der Waals surface area (Å²) in [5, 5.41) is 8.00. The van der Waals surface area contributed by atoms with E-state index in [0.29, 0.717) is 6.61 Å². The van der Waals surface area contributed by atoms with Crippen LogP contribution >= 0.6 is 0 Å². The number of rotatable bonds is 11. The molecule has 4 aromatic rings. The Hall–Kier alpha value is -3.52. The first-order chi connectivity index (χ1) is 19.1. The summed E-state index contributed by atoms with van der Waals surface area (Å²) in [5.41, 5.74) is 7.72. The van der Waals surface area contributed by atoms with Crippen LogP contribution in [-0.4, -0.2) is 60.9 Å². The Morgan fingerprint density at radius 2 is 1.77 bits per heavy atom. The number of nitrogens with zero attached hydrogens (tertiary/aromatic N) is 3. The Bertz CT molecular complexity index is 1400. The fourth-order valence-corrected chi connectivity index (χ4v) is 5.11. The Morgan fingerprint density at radius 3 is 2.59 bits per heavy atom. The van der Waals surface area contributed by atoms with E-state index < -0.39 is 0 Å². The number of aromatic nitrogens is 2. The standard InChI is InChI=1S/C32H39N5O2/c1-4-33-21-25-20-26-12-13-34-32(31(26)35-22-25)36-29-10-5-8-27(23(29)2)28-9-6-11-30(24(28)3)39-17-7-14-37-15-18-38-19-16-37/h5-6,8-13,20,22,33H,4,7,14-19,21H2,1-3H3,(H,34,36). The van der Waals surface area contributed by atoms with Gasteiger partial charge < -0.3 is 20.1 Å². The molecule has 2 aromatic carbocycles. The molecule has 0 amide bonds. The average molecular weight is 526 g/mol. The number of anilines is 2. The first kappa shape index (κ1) is 27.1. The highest BCUT2D eigenvalue weighted by molar-refractivity contribution is 5.91. The Labute approximate surface area is 231 Å². The van der Waals surface area contributed by atoms with Crippen molar-refractivity contribution in [3.05, 3.63) is 77.6 Å². The van der Waals surface area contributed by atoms with Crippen molar-refractivity contribution in [2.24, 2.45) is 0 Å². The van der Waals surface area contributed by atoms with Gasteiger partial charge in [-0.05, 0) is 78.9 Å². The lowest BCUT2D eigenvalue weighted by Gasteiger charge is -2.26. The number of hydrogen-bond acceptors (Lipinski definition) is 7. The van der Waals surface area contributed by atoms with Crippen molar-refractivity contribution in [2.75, 3.05) is 51.3 Å². The largest absolute Gasteiger partial charge is 0.493 e. The first-order valence-corrected chi connectivity index (χ1v) is 14.0. The summed E-state index contributed by atoms with van der Waals surface area (Å²) in [4.78, 5) is 11.8. The van der Waals surface area contributed by atoms with Crippen LogP contribution in [0.1, 0.15) is 30.0 Å². The van der Waals surface area contributed by atoms with Crippen LogP contribution in [0.5, 0.6) is 5.75 Å². The lowest BCUT2D eigenvalue weighted by Crippen LogP contribution is -2.37. The van der Waals surface area contributed by atoms with Gasteiger partial charge in [0.15, 0.2) is 5.82 Å². The van der Waals surface area contributed by atoms with E-state index in [0.717, 1.165) is 91.6 Å². The molecule has 0 spiro atoms. The minimum atomic E-state index is 0.707. The smallest absolute Gasteiger partial charge is 0.156 e. The zero-order valence-electron chi connectivity index (χ0n) is 23.3. The molecule has 0 unspecified atom stereocenters. The maximum Gasteiger partial charge on any atom is 0.156 e. The third-order valence-electron chi connectivity index (χ3n) is 7.38. The number of morpholine rings is 1. The third kappa shape index (κ3) is 6.56. The minimum absolute atomic E-state index is 0.707. The van der Waals surface area contributed by atoms with Gasteiger partial charge in [-0.25, -0.2) is 4.98 Å². The van der Waals surface area contributed by atoms with Crippen molar-refractivity contribution < 1.29 is 9.47 Å². The number of hydrogen-bond donors (Lipinski definition) is 2. The zero-order chi connectivity index (χ0) is 27.0. The topological polar surface area (TPSA) is 71.5 Å². The van der Waals surface area contributed by atoms with E-state index in [4.69, 9.17) is 14.5 Å². The van der Waals surface area contributed by atoms with E-state index in [2.05, 4.69) is 83.8 Å². The molecule has 0 aliphatic carbocycles. The summed E-state index contributed by atoms with van der Waals surface area (Å²) >= 11 is 0. The van der Waals surface area contributed by atoms with Crippen LogP contribution < -0.4 is 15.4 Å². The van der Waals surface area contributed by atoms with Crippen molar-refractivity contribution in [2.45, 2.75) is 33.7 Å². The summed E-state index contributed by atoms with van der Waals surface area (Å²) in [6.45, 7) is 13.6. The molecular weight excluding hydrogens is 486 g/mol. The van der Waals surface area contributed by atoms with Crippen molar-refractivity contribution in [1.29, 1.82) is 0 Å². The van der Waals surface area contributed by atoms with Crippen LogP contribution in [-0.2, 0) is 11.3 Å². The molecule has 39 heavy (non-hydrogen) atoms. The molecule has 1 fully saturated rings. The van der Waals surface area contributed by atoms with E-state index in [1.807, 2.05) is 18.5 Å². The molecule has 2 N–H and O–H groups in total. The monoisotopic (exact) mass is 525 g/mol. The van der Waals surface area contributed by atoms with Crippen molar-refractivity contribution in [1.82, 2.24) is 20.2 Å². The van der Waals surface area contributed by atoms with Gasteiger partial charge in [-0.2, -0.15) is 0 Å². The van der Waals surface area contributed by atoms with Crippen molar-refractivity contribution in [3.8, 4) is 16.9 Å². The molecular formula is C32H39N5O2. The predicted octanol–water partition coefficient (Wildman–Crippen LogP) is 5.87. The van der Waals surface area contributed by atoms with Gasteiger partial charge in [0.25, 0.3) is 0 Å². The second-order valence-electron chi connectivity index (χ2n) is 10.0. The molecule has 1 aliphatic rings. The highest BCUT2D eigenvalue weighted by Crippen LogP contribution is 2.36. The molecule has 7 heteroatoms. The van der Waals surface area contributed by atoms with Crippen LogP contribution in [0.15, 0.2) is 60.9 Å². The van der Waals surface area contributed by atoms with Gasteiger partial charge in [-0.3, -0.25) is 9.88 Å². The average Bonchev–Trinajstić information content (AvgIpc) is 2.97. The summed E-state index contributed by atoms with van der Waals surface area (Å²) in [6.07, 6.45) is 4.77. The highest BCUT2D eigenvalue weighted by atomic mass is 16.5. The number of ether oxygens (including phenoxy) is 2. The molecule has 204 valence electrons.